The van der Waals surface area contributed by atoms with E-state index in [1.54, 1.807) is 0 Å². The summed E-state index contributed by atoms with van der Waals surface area (Å²) in [5, 5.41) is 9.30. The molecule has 3 rings (SSSR count). The average molecular weight is 419 g/mol. The van der Waals surface area contributed by atoms with Crippen LogP contribution in [0.1, 0.15) is 70.6 Å². The molecule has 2 fully saturated rings. The van der Waals surface area contributed by atoms with Gasteiger partial charge in [0.1, 0.15) is 0 Å². The molecule has 0 spiro atoms. The number of nitrogens with one attached hydrogen (secondary N) is 2. The summed E-state index contributed by atoms with van der Waals surface area (Å²) in [6.45, 7) is 9.49. The standard InChI is InChI=1S/C23H38N4OS/c1-4-24-22(26-19-10-14-27(15-11-19)21(28)18(2)3)25-17-23(12-6-5-7-13-23)20-9-8-16-29-20/h8-9,16,18-19H,4-7,10-15,17H2,1-3H3,(H2,24,25,26). The minimum absolute atomic E-state index is 0.0855. The van der Waals surface area contributed by atoms with Crippen LogP contribution in [0.4, 0.5) is 0 Å². The lowest BCUT2D eigenvalue weighted by Gasteiger charge is -2.36. The summed E-state index contributed by atoms with van der Waals surface area (Å²) >= 11 is 1.89. The summed E-state index contributed by atoms with van der Waals surface area (Å²) in [6, 6.07) is 4.86. The number of amides is 1. The minimum atomic E-state index is 0.0855. The van der Waals surface area contributed by atoms with E-state index in [0.29, 0.717) is 6.04 Å². The number of thiophene rings is 1. The summed E-state index contributed by atoms with van der Waals surface area (Å²) in [6.07, 6.45) is 8.42. The van der Waals surface area contributed by atoms with E-state index in [1.165, 1.54) is 37.0 Å². The number of piperidine rings is 1. The first-order chi connectivity index (χ1) is 14.0. The Balaban J connectivity index is 1.62. The molecule has 0 radical (unpaired) electrons. The van der Waals surface area contributed by atoms with E-state index in [-0.39, 0.29) is 17.2 Å². The molecule has 1 aromatic rings. The molecule has 162 valence electrons. The molecule has 1 amide bonds. The fraction of sp³-hybridized carbons (Fsp3) is 0.739. The van der Waals surface area contributed by atoms with E-state index in [1.807, 2.05) is 30.1 Å². The first kappa shape index (κ1) is 22.1. The number of carbonyl (C=O) groups is 1. The number of carbonyl (C=O) groups excluding carboxylic acids is 1. The molecule has 29 heavy (non-hydrogen) atoms. The van der Waals surface area contributed by atoms with Crippen molar-refractivity contribution in [3.8, 4) is 0 Å². The lowest BCUT2D eigenvalue weighted by molar-refractivity contribution is -0.135. The van der Waals surface area contributed by atoms with Crippen LogP contribution in [0.25, 0.3) is 0 Å². The van der Waals surface area contributed by atoms with Crippen molar-refractivity contribution in [2.75, 3.05) is 26.2 Å². The van der Waals surface area contributed by atoms with Gasteiger partial charge in [0, 0.05) is 41.9 Å². The van der Waals surface area contributed by atoms with Gasteiger partial charge in [-0.1, -0.05) is 39.2 Å². The van der Waals surface area contributed by atoms with Crippen LogP contribution in [0, 0.1) is 5.92 Å². The average Bonchev–Trinajstić information content (AvgIpc) is 3.28. The van der Waals surface area contributed by atoms with Gasteiger partial charge in [-0.25, -0.2) is 0 Å². The number of aliphatic imine (C=N–C) groups is 1. The molecule has 0 unspecified atom stereocenters. The molecule has 0 atom stereocenters. The Bertz CT molecular complexity index is 656. The highest BCUT2D eigenvalue weighted by atomic mass is 32.1. The van der Waals surface area contributed by atoms with Gasteiger partial charge in [-0.3, -0.25) is 9.79 Å². The highest BCUT2D eigenvalue weighted by Crippen LogP contribution is 2.41. The summed E-state index contributed by atoms with van der Waals surface area (Å²) in [7, 11) is 0. The number of hydrogen-bond donors (Lipinski definition) is 2. The molecule has 2 heterocycles. The first-order valence-electron chi connectivity index (χ1n) is 11.4. The molecule has 1 aliphatic carbocycles. The van der Waals surface area contributed by atoms with Gasteiger partial charge >= 0.3 is 0 Å². The van der Waals surface area contributed by atoms with Gasteiger partial charge in [0.25, 0.3) is 0 Å². The second-order valence-corrected chi connectivity index (χ2v) is 9.86. The van der Waals surface area contributed by atoms with E-state index in [0.717, 1.165) is 45.0 Å². The molecule has 1 aromatic heterocycles. The molecular weight excluding hydrogens is 380 g/mol. The molecule has 5 nitrogen and oxygen atoms in total. The van der Waals surface area contributed by atoms with Crippen LogP contribution in [0.3, 0.4) is 0 Å². The normalized spacial score (nSPS) is 20.7. The largest absolute Gasteiger partial charge is 0.357 e. The van der Waals surface area contributed by atoms with Crippen LogP contribution in [0.2, 0.25) is 0 Å². The maximum Gasteiger partial charge on any atom is 0.225 e. The number of guanidine groups is 1. The Morgan fingerprint density at radius 2 is 2.00 bits per heavy atom. The van der Waals surface area contributed by atoms with Crippen LogP contribution >= 0.6 is 11.3 Å². The van der Waals surface area contributed by atoms with Crippen molar-refractivity contribution in [3.63, 3.8) is 0 Å². The van der Waals surface area contributed by atoms with Gasteiger partial charge in [-0.2, -0.15) is 0 Å². The highest BCUT2D eigenvalue weighted by Gasteiger charge is 2.35. The molecular formula is C23H38N4OS. The van der Waals surface area contributed by atoms with Crippen molar-refractivity contribution in [1.29, 1.82) is 0 Å². The predicted octanol–water partition coefficient (Wildman–Crippen LogP) is 4.15. The van der Waals surface area contributed by atoms with Gasteiger partial charge in [0.05, 0.1) is 6.54 Å². The maximum atomic E-state index is 12.2. The van der Waals surface area contributed by atoms with E-state index >= 15 is 0 Å². The Kier molecular flexibility index (Phi) is 7.99. The van der Waals surface area contributed by atoms with Gasteiger partial charge in [0.15, 0.2) is 5.96 Å². The minimum Gasteiger partial charge on any atom is -0.357 e. The van der Waals surface area contributed by atoms with Crippen molar-refractivity contribution in [3.05, 3.63) is 22.4 Å². The quantitative estimate of drug-likeness (QED) is 0.539. The van der Waals surface area contributed by atoms with Crippen molar-refractivity contribution in [2.24, 2.45) is 10.9 Å². The predicted molar refractivity (Wildman–Crippen MR) is 123 cm³/mol. The van der Waals surface area contributed by atoms with E-state index in [4.69, 9.17) is 4.99 Å². The van der Waals surface area contributed by atoms with Crippen LogP contribution in [-0.2, 0) is 10.2 Å². The summed E-state index contributed by atoms with van der Waals surface area (Å²) in [5.41, 5.74) is 0.210. The molecule has 1 saturated heterocycles. The smallest absolute Gasteiger partial charge is 0.225 e. The lowest BCUT2D eigenvalue weighted by atomic mass is 9.73. The first-order valence-corrected chi connectivity index (χ1v) is 12.3. The van der Waals surface area contributed by atoms with Crippen molar-refractivity contribution >= 4 is 23.2 Å². The Labute approximate surface area is 180 Å². The molecule has 6 heteroatoms. The Morgan fingerprint density at radius 1 is 1.28 bits per heavy atom. The zero-order valence-electron chi connectivity index (χ0n) is 18.4. The summed E-state index contributed by atoms with van der Waals surface area (Å²) in [5.74, 6) is 1.30. The number of rotatable bonds is 6. The van der Waals surface area contributed by atoms with E-state index < -0.39 is 0 Å². The second-order valence-electron chi connectivity index (χ2n) is 8.91. The van der Waals surface area contributed by atoms with Crippen LogP contribution in [0.5, 0.6) is 0 Å². The fourth-order valence-electron chi connectivity index (χ4n) is 4.64. The molecule has 2 N–H and O–H groups in total. The summed E-state index contributed by atoms with van der Waals surface area (Å²) in [4.78, 5) is 20.8. The number of hydrogen-bond acceptors (Lipinski definition) is 3. The van der Waals surface area contributed by atoms with E-state index in [2.05, 4.69) is 35.1 Å². The third kappa shape index (κ3) is 5.74. The summed E-state index contributed by atoms with van der Waals surface area (Å²) < 4.78 is 0. The Hall–Kier alpha value is -1.56. The van der Waals surface area contributed by atoms with Gasteiger partial charge < -0.3 is 15.5 Å². The highest BCUT2D eigenvalue weighted by molar-refractivity contribution is 7.10. The van der Waals surface area contributed by atoms with E-state index in [9.17, 15) is 4.79 Å². The zero-order chi connectivity index (χ0) is 20.7. The molecule has 0 aromatic carbocycles. The van der Waals surface area contributed by atoms with Gasteiger partial charge in [-0.15, -0.1) is 11.3 Å². The van der Waals surface area contributed by atoms with Gasteiger partial charge in [0.2, 0.25) is 5.91 Å². The Morgan fingerprint density at radius 3 is 2.59 bits per heavy atom. The van der Waals surface area contributed by atoms with Crippen molar-refractivity contribution in [1.82, 2.24) is 15.5 Å². The van der Waals surface area contributed by atoms with Crippen molar-refractivity contribution < 1.29 is 4.79 Å². The molecule has 0 bridgehead atoms. The van der Waals surface area contributed by atoms with Gasteiger partial charge in [-0.05, 0) is 44.1 Å². The third-order valence-corrected chi connectivity index (χ3v) is 7.50. The third-order valence-electron chi connectivity index (χ3n) is 6.38. The molecule has 2 aliphatic rings. The van der Waals surface area contributed by atoms with Crippen LogP contribution in [0.15, 0.2) is 22.5 Å². The number of likely N-dealkylation sites (tertiary alicyclic amines) is 1. The maximum absolute atomic E-state index is 12.2. The topological polar surface area (TPSA) is 56.7 Å². The lowest BCUT2D eigenvalue weighted by Crippen LogP contribution is -2.50. The van der Waals surface area contributed by atoms with Crippen molar-refractivity contribution in [2.45, 2.75) is 77.2 Å². The molecule has 1 aliphatic heterocycles. The zero-order valence-corrected chi connectivity index (χ0v) is 19.2. The fourth-order valence-corrected chi connectivity index (χ4v) is 5.62. The molecule has 1 saturated carbocycles. The SMILES string of the molecule is CCNC(=NCC1(c2cccs2)CCCCC1)NC1CCN(C(=O)C(C)C)CC1. The van der Waals surface area contributed by atoms with Crippen LogP contribution < -0.4 is 10.6 Å². The number of nitrogens with zero attached hydrogens (tertiary/aromatic N) is 2. The second kappa shape index (κ2) is 10.5. The monoisotopic (exact) mass is 418 g/mol. The van der Waals surface area contributed by atoms with Crippen LogP contribution in [-0.4, -0.2) is 49.0 Å².